The molecule has 0 saturated carbocycles. The van der Waals surface area contributed by atoms with Crippen LogP contribution in [0.5, 0.6) is 11.5 Å². The topological polar surface area (TPSA) is 12.5 Å². The van der Waals surface area contributed by atoms with Crippen molar-refractivity contribution in [1.82, 2.24) is 4.90 Å². The van der Waals surface area contributed by atoms with Crippen LogP contribution in [0.2, 0.25) is 0 Å². The van der Waals surface area contributed by atoms with Gasteiger partial charge >= 0.3 is 0 Å². The maximum atomic E-state index is 6.01. The molecule has 0 spiro atoms. The first-order valence-electron chi connectivity index (χ1n) is 6.82. The van der Waals surface area contributed by atoms with Crippen LogP contribution in [0.25, 0.3) is 0 Å². The van der Waals surface area contributed by atoms with Gasteiger partial charge in [0.05, 0.1) is 0 Å². The van der Waals surface area contributed by atoms with Gasteiger partial charge in [0.1, 0.15) is 11.5 Å². The normalized spacial score (nSPS) is 10.8. The van der Waals surface area contributed by atoms with Crippen LogP contribution in [0.15, 0.2) is 53.4 Å². The van der Waals surface area contributed by atoms with Crippen molar-refractivity contribution < 1.29 is 4.74 Å². The van der Waals surface area contributed by atoms with Gasteiger partial charge in [0.15, 0.2) is 0 Å². The number of rotatable bonds is 6. The summed E-state index contributed by atoms with van der Waals surface area (Å²) in [5.74, 6) is 2.90. The Kier molecular flexibility index (Phi) is 5.50. The Morgan fingerprint density at radius 3 is 2.35 bits per heavy atom. The Bertz CT molecular complexity index is 537. The molecule has 0 fully saturated rings. The summed E-state index contributed by atoms with van der Waals surface area (Å²) in [6.45, 7) is 3.03. The molecule has 2 rings (SSSR count). The minimum absolute atomic E-state index is 0.875. The van der Waals surface area contributed by atoms with Crippen molar-refractivity contribution in [2.75, 3.05) is 19.8 Å². The lowest BCUT2D eigenvalue weighted by Gasteiger charge is -2.14. The third kappa shape index (κ3) is 4.29. The minimum atomic E-state index is 0.875. The molecule has 3 heteroatoms. The average molecular weight is 287 g/mol. The molecule has 0 unspecified atom stereocenters. The second kappa shape index (κ2) is 7.36. The van der Waals surface area contributed by atoms with Crippen LogP contribution in [-0.4, -0.2) is 24.7 Å². The number of thioether (sulfide) groups is 1. The van der Waals surface area contributed by atoms with Gasteiger partial charge in [0.25, 0.3) is 0 Å². The molecular weight excluding hydrogens is 266 g/mol. The summed E-state index contributed by atoms with van der Waals surface area (Å²) in [5, 5.41) is 0. The molecule has 2 aromatic carbocycles. The first kappa shape index (κ1) is 14.9. The molecule has 0 aliphatic carbocycles. The number of nitrogens with zero attached hydrogens (tertiary/aromatic N) is 1. The third-order valence-corrected chi connectivity index (χ3v) is 3.72. The molecule has 0 heterocycles. The first-order chi connectivity index (χ1) is 9.69. The molecule has 0 aromatic heterocycles. The van der Waals surface area contributed by atoms with E-state index in [-0.39, 0.29) is 0 Å². The highest BCUT2D eigenvalue weighted by atomic mass is 32.2. The SMILES string of the molecule is CCSc1ccc(Oc2ccccc2CN(C)C)cc1. The van der Waals surface area contributed by atoms with E-state index in [4.69, 9.17) is 4.74 Å². The lowest BCUT2D eigenvalue weighted by Crippen LogP contribution is -2.11. The Labute approximate surface area is 125 Å². The number of benzene rings is 2. The van der Waals surface area contributed by atoms with Crippen molar-refractivity contribution in [3.63, 3.8) is 0 Å². The minimum Gasteiger partial charge on any atom is -0.457 e. The molecule has 0 N–H and O–H groups in total. The van der Waals surface area contributed by atoms with Gasteiger partial charge < -0.3 is 9.64 Å². The van der Waals surface area contributed by atoms with E-state index >= 15 is 0 Å². The fraction of sp³-hybridized carbons (Fsp3) is 0.294. The summed E-state index contributed by atoms with van der Waals surface area (Å²) in [4.78, 5) is 3.42. The fourth-order valence-electron chi connectivity index (χ4n) is 1.97. The number of para-hydroxylation sites is 1. The van der Waals surface area contributed by atoms with E-state index in [1.165, 1.54) is 10.5 Å². The van der Waals surface area contributed by atoms with Gasteiger partial charge in [0, 0.05) is 17.0 Å². The van der Waals surface area contributed by atoms with Crippen molar-refractivity contribution in [2.45, 2.75) is 18.4 Å². The molecule has 2 nitrogen and oxygen atoms in total. The van der Waals surface area contributed by atoms with E-state index in [9.17, 15) is 0 Å². The fourth-order valence-corrected chi connectivity index (χ4v) is 2.63. The Hall–Kier alpha value is -1.45. The van der Waals surface area contributed by atoms with E-state index in [2.05, 4.69) is 44.1 Å². The van der Waals surface area contributed by atoms with Crippen molar-refractivity contribution in [3.05, 3.63) is 54.1 Å². The van der Waals surface area contributed by atoms with E-state index in [0.29, 0.717) is 0 Å². The Morgan fingerprint density at radius 1 is 1.00 bits per heavy atom. The highest BCUT2D eigenvalue weighted by Gasteiger charge is 2.05. The summed E-state index contributed by atoms with van der Waals surface area (Å²) in [6.07, 6.45) is 0. The molecule has 20 heavy (non-hydrogen) atoms. The average Bonchev–Trinajstić information content (AvgIpc) is 2.43. The molecule has 0 radical (unpaired) electrons. The van der Waals surface area contributed by atoms with Gasteiger partial charge in [-0.25, -0.2) is 0 Å². The van der Waals surface area contributed by atoms with E-state index in [0.717, 1.165) is 23.8 Å². The summed E-state index contributed by atoms with van der Waals surface area (Å²) in [7, 11) is 4.13. The maximum Gasteiger partial charge on any atom is 0.131 e. The van der Waals surface area contributed by atoms with Crippen molar-refractivity contribution in [2.24, 2.45) is 0 Å². The second-order valence-corrected chi connectivity index (χ2v) is 6.19. The van der Waals surface area contributed by atoms with Gasteiger partial charge in [-0.05, 0) is 50.2 Å². The molecule has 0 aliphatic rings. The van der Waals surface area contributed by atoms with Gasteiger partial charge in [-0.15, -0.1) is 11.8 Å². The quantitative estimate of drug-likeness (QED) is 0.717. The monoisotopic (exact) mass is 287 g/mol. The van der Waals surface area contributed by atoms with Gasteiger partial charge in [0.2, 0.25) is 0 Å². The summed E-state index contributed by atoms with van der Waals surface area (Å²) >= 11 is 1.84. The summed E-state index contributed by atoms with van der Waals surface area (Å²) < 4.78 is 6.01. The number of ether oxygens (including phenoxy) is 1. The van der Waals surface area contributed by atoms with Crippen LogP contribution in [0.1, 0.15) is 12.5 Å². The lowest BCUT2D eigenvalue weighted by molar-refractivity contribution is 0.388. The van der Waals surface area contributed by atoms with Gasteiger partial charge in [-0.1, -0.05) is 25.1 Å². The van der Waals surface area contributed by atoms with Crippen molar-refractivity contribution >= 4 is 11.8 Å². The maximum absolute atomic E-state index is 6.01. The largest absolute Gasteiger partial charge is 0.457 e. The Morgan fingerprint density at radius 2 is 1.70 bits per heavy atom. The third-order valence-electron chi connectivity index (χ3n) is 2.82. The molecule has 0 saturated heterocycles. The molecule has 0 atom stereocenters. The van der Waals surface area contributed by atoms with Crippen LogP contribution >= 0.6 is 11.8 Å². The van der Waals surface area contributed by atoms with Crippen molar-refractivity contribution in [3.8, 4) is 11.5 Å². The number of hydrogen-bond donors (Lipinski definition) is 0. The van der Waals surface area contributed by atoms with E-state index in [1.54, 1.807) is 0 Å². The van der Waals surface area contributed by atoms with Gasteiger partial charge in [-0.2, -0.15) is 0 Å². The molecule has 0 bridgehead atoms. The summed E-state index contributed by atoms with van der Waals surface area (Å²) in [6, 6.07) is 16.5. The van der Waals surface area contributed by atoms with Crippen molar-refractivity contribution in [1.29, 1.82) is 0 Å². The summed E-state index contributed by atoms with van der Waals surface area (Å²) in [5.41, 5.74) is 1.20. The molecule has 0 amide bonds. The standard InChI is InChI=1S/C17H21NOS/c1-4-20-16-11-9-15(10-12-16)19-17-8-6-5-7-14(17)13-18(2)3/h5-12H,4,13H2,1-3H3. The van der Waals surface area contributed by atoms with Crippen LogP contribution in [0.4, 0.5) is 0 Å². The molecular formula is C17H21NOS. The predicted octanol–water partition coefficient (Wildman–Crippen LogP) is 4.65. The predicted molar refractivity (Wildman–Crippen MR) is 86.7 cm³/mol. The Balaban J connectivity index is 2.13. The molecule has 106 valence electrons. The van der Waals surface area contributed by atoms with Gasteiger partial charge in [-0.3, -0.25) is 0 Å². The van der Waals surface area contributed by atoms with Crippen LogP contribution in [-0.2, 0) is 6.54 Å². The number of hydrogen-bond acceptors (Lipinski definition) is 3. The van der Waals surface area contributed by atoms with E-state index < -0.39 is 0 Å². The van der Waals surface area contributed by atoms with Crippen LogP contribution in [0, 0.1) is 0 Å². The molecule has 0 aliphatic heterocycles. The van der Waals surface area contributed by atoms with Crippen LogP contribution in [0.3, 0.4) is 0 Å². The zero-order chi connectivity index (χ0) is 14.4. The highest BCUT2D eigenvalue weighted by Crippen LogP contribution is 2.28. The van der Waals surface area contributed by atoms with Crippen LogP contribution < -0.4 is 4.74 Å². The zero-order valence-electron chi connectivity index (χ0n) is 12.3. The van der Waals surface area contributed by atoms with E-state index in [1.807, 2.05) is 42.1 Å². The highest BCUT2D eigenvalue weighted by molar-refractivity contribution is 7.99. The molecule has 2 aromatic rings. The first-order valence-corrected chi connectivity index (χ1v) is 7.81. The smallest absolute Gasteiger partial charge is 0.131 e. The lowest BCUT2D eigenvalue weighted by atomic mass is 10.2. The second-order valence-electron chi connectivity index (χ2n) is 4.85. The zero-order valence-corrected chi connectivity index (χ0v) is 13.1.